The third kappa shape index (κ3) is 4.51. The molecule has 2 aromatic rings. The highest BCUT2D eigenvalue weighted by molar-refractivity contribution is 7.92. The van der Waals surface area contributed by atoms with Gasteiger partial charge < -0.3 is 9.80 Å². The van der Waals surface area contributed by atoms with Crippen molar-refractivity contribution >= 4 is 21.7 Å². The molecule has 2 unspecified atom stereocenters. The lowest BCUT2D eigenvalue weighted by Crippen LogP contribution is -2.56. The highest BCUT2D eigenvalue weighted by Gasteiger charge is 2.74. The number of amides is 2. The van der Waals surface area contributed by atoms with Gasteiger partial charge in [0.1, 0.15) is 16.6 Å². The molecule has 2 amide bonds. The number of benzene rings is 2. The lowest BCUT2D eigenvalue weighted by molar-refractivity contribution is -0.348. The Balaban J connectivity index is 1.68. The zero-order chi connectivity index (χ0) is 32.6. The molecule has 2 heterocycles. The molecule has 15 heteroatoms. The van der Waals surface area contributed by atoms with E-state index in [0.29, 0.717) is 6.07 Å². The van der Waals surface area contributed by atoms with Crippen LogP contribution in [0.15, 0.2) is 47.4 Å². The average Bonchev–Trinajstić information content (AvgIpc) is 3.53. The van der Waals surface area contributed by atoms with Gasteiger partial charge in [0.2, 0.25) is 11.8 Å². The summed E-state index contributed by atoms with van der Waals surface area (Å²) in [6.07, 6.45) is -13.2. The van der Waals surface area contributed by atoms with E-state index in [-0.39, 0.29) is 72.7 Å². The first-order chi connectivity index (χ1) is 20.3. The maximum atomic E-state index is 15.0. The maximum absolute atomic E-state index is 15.0. The van der Waals surface area contributed by atoms with Gasteiger partial charge in [0, 0.05) is 24.6 Å². The maximum Gasteiger partial charge on any atom is 0.435 e. The first kappa shape index (κ1) is 32.2. The summed E-state index contributed by atoms with van der Waals surface area (Å²) < 4.78 is 137. The molecule has 5 rings (SSSR count). The zero-order valence-electron chi connectivity index (χ0n) is 23.5. The van der Waals surface area contributed by atoms with Crippen molar-refractivity contribution in [3.05, 3.63) is 65.0 Å². The second kappa shape index (κ2) is 10.4. The number of carbonyl (C=O) groups is 2. The van der Waals surface area contributed by atoms with Gasteiger partial charge in [-0.25, -0.2) is 17.2 Å². The van der Waals surface area contributed by atoms with Gasteiger partial charge in [-0.1, -0.05) is 18.2 Å². The zero-order valence-corrected chi connectivity index (χ0v) is 24.3. The van der Waals surface area contributed by atoms with E-state index < -0.39 is 62.0 Å². The Bertz CT molecular complexity index is 1580. The lowest BCUT2D eigenvalue weighted by atomic mass is 9.76. The second-order valence-corrected chi connectivity index (χ2v) is 13.9. The van der Waals surface area contributed by atoms with Crippen LogP contribution in [0.3, 0.4) is 0 Å². The minimum atomic E-state index is -6.37. The highest BCUT2D eigenvalue weighted by atomic mass is 32.2. The molecule has 2 saturated heterocycles. The molecule has 0 spiro atoms. The van der Waals surface area contributed by atoms with Gasteiger partial charge in [-0.3, -0.25) is 9.59 Å². The topological polar surface area (TPSA) is 74.8 Å². The molecule has 1 aliphatic carbocycles. The van der Waals surface area contributed by atoms with Crippen LogP contribution in [0, 0.1) is 5.82 Å². The highest BCUT2D eigenvalue weighted by Crippen LogP contribution is 2.57. The molecule has 0 N–H and O–H groups in total. The fourth-order valence-corrected chi connectivity index (χ4v) is 9.47. The van der Waals surface area contributed by atoms with Crippen molar-refractivity contribution in [3.63, 3.8) is 0 Å². The van der Waals surface area contributed by atoms with E-state index in [1.165, 1.54) is 9.80 Å². The van der Waals surface area contributed by atoms with Crippen molar-refractivity contribution in [1.29, 1.82) is 0 Å². The quantitative estimate of drug-likeness (QED) is 0.306. The van der Waals surface area contributed by atoms with Crippen molar-refractivity contribution < 1.29 is 53.1 Å². The number of hydrogen-bond acceptors (Lipinski definition) is 4. The SMILES string of the molecule is CC(C)N1C(=O)CC[C@H]1C(=O)N1CCC2(S(=O)(=O)c3ccc(F)cc3)c3ccc(C(F)(C(F)(F)F)C(F)(F)F)cc3CCC12. The fraction of sp³-hybridized carbons (Fsp3) is 0.517. The van der Waals surface area contributed by atoms with E-state index in [9.17, 15) is 53.1 Å². The van der Waals surface area contributed by atoms with E-state index in [1.807, 2.05) is 0 Å². The summed E-state index contributed by atoms with van der Waals surface area (Å²) in [5.74, 6) is -1.54. The average molecular weight is 653 g/mol. The summed E-state index contributed by atoms with van der Waals surface area (Å²) in [6.45, 7) is 3.29. The van der Waals surface area contributed by atoms with Crippen LogP contribution in [0.5, 0.6) is 0 Å². The Morgan fingerprint density at radius 1 is 0.932 bits per heavy atom. The van der Waals surface area contributed by atoms with Crippen LogP contribution in [0.2, 0.25) is 0 Å². The van der Waals surface area contributed by atoms with Crippen LogP contribution < -0.4 is 0 Å². The smallest absolute Gasteiger partial charge is 0.336 e. The van der Waals surface area contributed by atoms with Crippen LogP contribution >= 0.6 is 0 Å². The van der Waals surface area contributed by atoms with Crippen molar-refractivity contribution in [2.45, 2.75) is 91.7 Å². The molecule has 2 aliphatic heterocycles. The Kier molecular flexibility index (Phi) is 7.61. The molecule has 3 atom stereocenters. The second-order valence-electron chi connectivity index (χ2n) is 11.7. The predicted molar refractivity (Wildman–Crippen MR) is 140 cm³/mol. The normalized spacial score (nSPS) is 24.6. The molecular formula is C29H28F8N2O4S. The molecular weight excluding hydrogens is 624 g/mol. The fourth-order valence-electron chi connectivity index (χ4n) is 7.10. The molecule has 0 bridgehead atoms. The minimum absolute atomic E-state index is 0.0983. The summed E-state index contributed by atoms with van der Waals surface area (Å²) in [5.41, 5.74) is -7.87. The predicted octanol–water partition coefficient (Wildman–Crippen LogP) is 5.73. The summed E-state index contributed by atoms with van der Waals surface area (Å²) in [4.78, 5) is 28.8. The van der Waals surface area contributed by atoms with E-state index in [4.69, 9.17) is 0 Å². The number of aryl methyl sites for hydroxylation is 1. The van der Waals surface area contributed by atoms with Crippen LogP contribution in [0.25, 0.3) is 0 Å². The summed E-state index contributed by atoms with van der Waals surface area (Å²) in [7, 11) is -4.61. The Hall–Kier alpha value is -3.23. The number of likely N-dealkylation sites (tertiary alicyclic amines) is 2. The van der Waals surface area contributed by atoms with Crippen LogP contribution in [-0.4, -0.2) is 67.1 Å². The molecule has 3 aliphatic rings. The standard InChI is InChI=1S/C29H28F8N2O4S/c1-16(2)39-22(10-12-24(39)40)25(41)38-14-13-26(44(42,43)20-7-5-19(30)6-8-20)21-9-4-18(15-17(21)3-11-23(26)38)27(31,28(32,33)34)29(35,36)37/h4-9,15-16,22-23H,3,10-14H2,1-2H3/t22-,23?,26?/m0/s1. The molecule has 2 fully saturated rings. The van der Waals surface area contributed by atoms with E-state index >= 15 is 0 Å². The third-order valence-corrected chi connectivity index (χ3v) is 11.6. The third-order valence-electron chi connectivity index (χ3n) is 9.05. The van der Waals surface area contributed by atoms with E-state index in [2.05, 4.69) is 0 Å². The Morgan fingerprint density at radius 3 is 2.11 bits per heavy atom. The Labute approximate surface area is 247 Å². The van der Waals surface area contributed by atoms with Gasteiger partial charge in [0.05, 0.1) is 10.9 Å². The molecule has 2 aromatic carbocycles. The molecule has 240 valence electrons. The summed E-state index contributed by atoms with van der Waals surface area (Å²) in [5, 5.41) is 0. The number of fused-ring (bicyclic) bond motifs is 3. The van der Waals surface area contributed by atoms with Crippen molar-refractivity contribution in [1.82, 2.24) is 9.80 Å². The van der Waals surface area contributed by atoms with Gasteiger partial charge in [0.15, 0.2) is 9.84 Å². The van der Waals surface area contributed by atoms with Crippen LogP contribution in [0.1, 0.15) is 56.2 Å². The molecule has 44 heavy (non-hydrogen) atoms. The molecule has 0 aromatic heterocycles. The Morgan fingerprint density at radius 2 is 1.55 bits per heavy atom. The van der Waals surface area contributed by atoms with Gasteiger partial charge in [-0.15, -0.1) is 0 Å². The van der Waals surface area contributed by atoms with Crippen LogP contribution in [-0.2, 0) is 36.3 Å². The molecule has 0 radical (unpaired) electrons. The lowest BCUT2D eigenvalue weighted by Gasteiger charge is -2.44. The number of halogens is 8. The van der Waals surface area contributed by atoms with Gasteiger partial charge in [0.25, 0.3) is 0 Å². The number of alkyl halides is 7. The van der Waals surface area contributed by atoms with Crippen LogP contribution in [0.4, 0.5) is 35.1 Å². The van der Waals surface area contributed by atoms with Gasteiger partial charge in [-0.05, 0) is 74.9 Å². The number of nitrogens with zero attached hydrogens (tertiary/aromatic N) is 2. The number of hydrogen-bond donors (Lipinski definition) is 0. The largest absolute Gasteiger partial charge is 0.435 e. The minimum Gasteiger partial charge on any atom is -0.336 e. The van der Waals surface area contributed by atoms with Crippen molar-refractivity contribution in [3.8, 4) is 0 Å². The van der Waals surface area contributed by atoms with E-state index in [0.717, 1.165) is 30.3 Å². The molecule has 6 nitrogen and oxygen atoms in total. The molecule has 0 saturated carbocycles. The first-order valence-electron chi connectivity index (χ1n) is 13.9. The monoisotopic (exact) mass is 652 g/mol. The first-order valence-corrected chi connectivity index (χ1v) is 15.4. The van der Waals surface area contributed by atoms with E-state index in [1.54, 1.807) is 13.8 Å². The summed E-state index contributed by atoms with van der Waals surface area (Å²) in [6, 6.07) is 2.82. The number of rotatable bonds is 5. The van der Waals surface area contributed by atoms with Crippen molar-refractivity contribution in [2.75, 3.05) is 6.54 Å². The summed E-state index contributed by atoms with van der Waals surface area (Å²) >= 11 is 0. The number of sulfone groups is 1. The van der Waals surface area contributed by atoms with Crippen molar-refractivity contribution in [2.24, 2.45) is 0 Å². The van der Waals surface area contributed by atoms with Gasteiger partial charge >= 0.3 is 18.0 Å². The van der Waals surface area contributed by atoms with Gasteiger partial charge in [-0.2, -0.15) is 26.3 Å². The number of carbonyl (C=O) groups excluding carboxylic acids is 2.